The Kier molecular flexibility index (Phi) is 4.11. The molecule has 0 radical (unpaired) electrons. The maximum absolute atomic E-state index is 13.8. The van der Waals surface area contributed by atoms with Crippen LogP contribution in [0.1, 0.15) is 18.0 Å². The second-order valence-corrected chi connectivity index (χ2v) is 4.53. The lowest BCUT2D eigenvalue weighted by Gasteiger charge is -2.27. The van der Waals surface area contributed by atoms with Gasteiger partial charge in [0.15, 0.2) is 0 Å². The summed E-state index contributed by atoms with van der Waals surface area (Å²) < 4.78 is 32.6. The van der Waals surface area contributed by atoms with Crippen LogP contribution in [0.15, 0.2) is 18.2 Å². The van der Waals surface area contributed by atoms with Gasteiger partial charge in [0.05, 0.1) is 12.6 Å². The molecule has 1 aromatic carbocycles. The van der Waals surface area contributed by atoms with E-state index >= 15 is 0 Å². The molecule has 1 amide bonds. The summed E-state index contributed by atoms with van der Waals surface area (Å²) in [5.41, 5.74) is 5.72. The molecule has 2 rings (SSSR count). The van der Waals surface area contributed by atoms with Crippen LogP contribution >= 0.6 is 0 Å². The van der Waals surface area contributed by atoms with Crippen LogP contribution in [0.2, 0.25) is 0 Å². The molecular formula is C13H16F2N2O2. The van der Waals surface area contributed by atoms with Crippen molar-refractivity contribution in [2.45, 2.75) is 18.5 Å². The molecule has 19 heavy (non-hydrogen) atoms. The number of hydrogen-bond acceptors (Lipinski definition) is 3. The lowest BCUT2D eigenvalue weighted by molar-refractivity contribution is -0.129. The minimum Gasteiger partial charge on any atom is -0.383 e. The number of rotatable bonds is 4. The molecule has 1 saturated heterocycles. The van der Waals surface area contributed by atoms with Gasteiger partial charge < -0.3 is 15.4 Å². The lowest BCUT2D eigenvalue weighted by Crippen LogP contribution is -2.36. The molecule has 1 aliphatic rings. The van der Waals surface area contributed by atoms with Crippen molar-refractivity contribution < 1.29 is 18.3 Å². The molecule has 2 unspecified atom stereocenters. The third-order valence-corrected chi connectivity index (χ3v) is 3.30. The highest BCUT2D eigenvalue weighted by molar-refractivity contribution is 5.80. The summed E-state index contributed by atoms with van der Waals surface area (Å²) in [6, 6.07) is 2.24. The zero-order valence-corrected chi connectivity index (χ0v) is 10.6. The summed E-state index contributed by atoms with van der Waals surface area (Å²) in [5, 5.41) is 0. The van der Waals surface area contributed by atoms with Gasteiger partial charge in [-0.1, -0.05) is 6.07 Å². The van der Waals surface area contributed by atoms with Crippen molar-refractivity contribution in [3.63, 3.8) is 0 Å². The number of nitrogens with zero attached hydrogens (tertiary/aromatic N) is 1. The molecule has 104 valence electrons. The van der Waals surface area contributed by atoms with Gasteiger partial charge in [-0.3, -0.25) is 4.79 Å². The van der Waals surface area contributed by atoms with Gasteiger partial charge >= 0.3 is 0 Å². The van der Waals surface area contributed by atoms with E-state index in [1.807, 2.05) is 0 Å². The van der Waals surface area contributed by atoms with Gasteiger partial charge in [-0.05, 0) is 12.1 Å². The number of methoxy groups -OCH3 is 1. The van der Waals surface area contributed by atoms with Crippen molar-refractivity contribution in [3.05, 3.63) is 35.4 Å². The quantitative estimate of drug-likeness (QED) is 0.894. The molecule has 0 aromatic heterocycles. The van der Waals surface area contributed by atoms with Crippen LogP contribution in [0, 0.1) is 11.6 Å². The Morgan fingerprint density at radius 3 is 2.63 bits per heavy atom. The largest absolute Gasteiger partial charge is 0.383 e. The van der Waals surface area contributed by atoms with Crippen LogP contribution in [0.5, 0.6) is 0 Å². The molecule has 1 aromatic rings. The number of ether oxygens (including phenoxy) is 1. The first-order valence-electron chi connectivity index (χ1n) is 6.04. The van der Waals surface area contributed by atoms with Crippen molar-refractivity contribution in [2.75, 3.05) is 20.3 Å². The van der Waals surface area contributed by atoms with Gasteiger partial charge in [-0.15, -0.1) is 0 Å². The zero-order valence-electron chi connectivity index (χ0n) is 10.6. The van der Waals surface area contributed by atoms with Gasteiger partial charge in [-0.25, -0.2) is 8.78 Å². The van der Waals surface area contributed by atoms with Crippen LogP contribution in [0.3, 0.4) is 0 Å². The second-order valence-electron chi connectivity index (χ2n) is 4.53. The zero-order chi connectivity index (χ0) is 14.0. The number of halogens is 2. The Bertz CT molecular complexity index is 461. The normalized spacial score (nSPS) is 23.2. The smallest absolute Gasteiger partial charge is 0.224 e. The maximum Gasteiger partial charge on any atom is 0.224 e. The van der Waals surface area contributed by atoms with Crippen molar-refractivity contribution in [3.8, 4) is 0 Å². The second kappa shape index (κ2) is 5.63. The summed E-state index contributed by atoms with van der Waals surface area (Å²) in [5.74, 6) is -1.58. The van der Waals surface area contributed by atoms with Crippen molar-refractivity contribution in [2.24, 2.45) is 5.73 Å². The molecule has 1 aliphatic heterocycles. The highest BCUT2D eigenvalue weighted by atomic mass is 19.1. The fourth-order valence-corrected chi connectivity index (χ4v) is 2.43. The molecule has 2 N–H and O–H groups in total. The summed E-state index contributed by atoms with van der Waals surface area (Å²) in [6.07, 6.45) is 0.0855. The van der Waals surface area contributed by atoms with E-state index < -0.39 is 23.7 Å². The van der Waals surface area contributed by atoms with Crippen molar-refractivity contribution >= 4 is 5.91 Å². The van der Waals surface area contributed by atoms with Gasteiger partial charge in [-0.2, -0.15) is 0 Å². The van der Waals surface area contributed by atoms with E-state index in [1.54, 1.807) is 0 Å². The Hall–Kier alpha value is -1.53. The highest BCUT2D eigenvalue weighted by Crippen LogP contribution is 2.34. The summed E-state index contributed by atoms with van der Waals surface area (Å²) in [4.78, 5) is 13.2. The molecule has 1 fully saturated rings. The third-order valence-electron chi connectivity index (χ3n) is 3.30. The van der Waals surface area contributed by atoms with E-state index in [2.05, 4.69) is 0 Å². The topological polar surface area (TPSA) is 55.6 Å². The number of carbonyl (C=O) groups is 1. The highest BCUT2D eigenvalue weighted by Gasteiger charge is 2.40. The molecule has 1 heterocycles. The van der Waals surface area contributed by atoms with Gasteiger partial charge in [0.25, 0.3) is 0 Å². The number of benzene rings is 1. The Labute approximate surface area is 110 Å². The average Bonchev–Trinajstić information content (AvgIpc) is 2.62. The van der Waals surface area contributed by atoms with E-state index in [4.69, 9.17) is 10.5 Å². The van der Waals surface area contributed by atoms with E-state index in [1.165, 1.54) is 30.2 Å². The maximum atomic E-state index is 13.8. The Morgan fingerprint density at radius 1 is 1.42 bits per heavy atom. The SMILES string of the molecule is COCCN1C(=O)CC(N)C1c1c(F)cccc1F. The minimum absolute atomic E-state index is 0.0855. The van der Waals surface area contributed by atoms with E-state index in [0.29, 0.717) is 6.61 Å². The fourth-order valence-electron chi connectivity index (χ4n) is 2.43. The van der Waals surface area contributed by atoms with Gasteiger partial charge in [0.1, 0.15) is 11.6 Å². The van der Waals surface area contributed by atoms with Gasteiger partial charge in [0, 0.05) is 31.7 Å². The van der Waals surface area contributed by atoms with Crippen LogP contribution in [0.4, 0.5) is 8.78 Å². The van der Waals surface area contributed by atoms with Crippen LogP contribution in [-0.2, 0) is 9.53 Å². The molecule has 2 atom stereocenters. The monoisotopic (exact) mass is 270 g/mol. The Morgan fingerprint density at radius 2 is 2.05 bits per heavy atom. The number of carbonyl (C=O) groups excluding carboxylic acids is 1. The molecule has 0 saturated carbocycles. The number of hydrogen-bond donors (Lipinski definition) is 1. The number of amides is 1. The van der Waals surface area contributed by atoms with E-state index in [0.717, 1.165) is 0 Å². The number of likely N-dealkylation sites (tertiary alicyclic amines) is 1. The van der Waals surface area contributed by atoms with Crippen LogP contribution < -0.4 is 5.73 Å². The Balaban J connectivity index is 2.36. The minimum atomic E-state index is -0.774. The number of nitrogens with two attached hydrogens (primary N) is 1. The molecule has 0 bridgehead atoms. The molecule has 0 spiro atoms. The molecular weight excluding hydrogens is 254 g/mol. The molecule has 4 nitrogen and oxygen atoms in total. The lowest BCUT2D eigenvalue weighted by atomic mass is 9.99. The fraction of sp³-hybridized carbons (Fsp3) is 0.462. The first-order valence-corrected chi connectivity index (χ1v) is 6.04. The first kappa shape index (κ1) is 13.9. The molecule has 0 aliphatic carbocycles. The molecule has 6 heteroatoms. The average molecular weight is 270 g/mol. The van der Waals surface area contributed by atoms with E-state index in [-0.39, 0.29) is 24.4 Å². The van der Waals surface area contributed by atoms with Crippen LogP contribution in [0.25, 0.3) is 0 Å². The third kappa shape index (κ3) is 2.59. The summed E-state index contributed by atoms with van der Waals surface area (Å²) in [7, 11) is 1.50. The van der Waals surface area contributed by atoms with Crippen molar-refractivity contribution in [1.29, 1.82) is 0 Å². The van der Waals surface area contributed by atoms with Crippen molar-refractivity contribution in [1.82, 2.24) is 4.90 Å². The predicted octanol–water partition coefficient (Wildman–Crippen LogP) is 1.21. The predicted molar refractivity (Wildman–Crippen MR) is 65.3 cm³/mol. The summed E-state index contributed by atoms with van der Waals surface area (Å²) >= 11 is 0. The summed E-state index contributed by atoms with van der Waals surface area (Å²) in [6.45, 7) is 0.562. The van der Waals surface area contributed by atoms with Crippen LogP contribution in [-0.4, -0.2) is 37.1 Å². The van der Waals surface area contributed by atoms with Gasteiger partial charge in [0.2, 0.25) is 5.91 Å². The standard InChI is InChI=1S/C13H16F2N2O2/c1-19-6-5-17-11(18)7-10(16)13(17)12-8(14)3-2-4-9(12)15/h2-4,10,13H,5-7,16H2,1H3. The van der Waals surface area contributed by atoms with E-state index in [9.17, 15) is 13.6 Å². The first-order chi connectivity index (χ1) is 9.06.